The summed E-state index contributed by atoms with van der Waals surface area (Å²) in [5.74, 6) is -2.45. The highest BCUT2D eigenvalue weighted by Crippen LogP contribution is 2.19. The number of hydrazine groups is 1. The molecule has 0 radical (unpaired) electrons. The van der Waals surface area contributed by atoms with Crippen molar-refractivity contribution in [3.63, 3.8) is 0 Å². The summed E-state index contributed by atoms with van der Waals surface area (Å²) in [5.41, 5.74) is 0.347. The number of carbonyl (C=O) groups is 4. The minimum absolute atomic E-state index is 0.170. The molecule has 0 aliphatic carbocycles. The van der Waals surface area contributed by atoms with Crippen molar-refractivity contribution in [2.45, 2.75) is 25.8 Å². The van der Waals surface area contributed by atoms with Crippen LogP contribution in [0.15, 0.2) is 29.1 Å². The second-order valence-corrected chi connectivity index (χ2v) is 6.31. The first-order valence-electron chi connectivity index (χ1n) is 8.37. The number of amides is 4. The molecule has 2 aromatic rings. The normalized spacial score (nSPS) is 18.9. The Morgan fingerprint density at radius 2 is 1.89 bits per heavy atom. The first-order valence-corrected chi connectivity index (χ1v) is 8.37. The second kappa shape index (κ2) is 7.10. The highest BCUT2D eigenvalue weighted by molar-refractivity contribution is 6.08. The maximum Gasteiger partial charge on any atom is 0.359 e. The van der Waals surface area contributed by atoms with E-state index in [1.165, 1.54) is 19.1 Å². The monoisotopic (exact) mass is 387 g/mol. The Labute approximate surface area is 158 Å². The largest absolute Gasteiger partial charge is 0.451 e. The lowest BCUT2D eigenvalue weighted by Crippen LogP contribution is -2.49. The number of carbonyl (C=O) groups excluding carboxylic acids is 4. The van der Waals surface area contributed by atoms with Gasteiger partial charge in [-0.15, -0.1) is 0 Å². The van der Waals surface area contributed by atoms with Gasteiger partial charge in [0, 0.05) is 5.39 Å². The van der Waals surface area contributed by atoms with Gasteiger partial charge in [-0.05, 0) is 19.4 Å². The van der Waals surface area contributed by atoms with Gasteiger partial charge in [0.25, 0.3) is 17.4 Å². The fourth-order valence-corrected chi connectivity index (χ4v) is 2.65. The zero-order chi connectivity index (χ0) is 20.5. The number of H-pyrrole nitrogens is 1. The van der Waals surface area contributed by atoms with Gasteiger partial charge >= 0.3 is 12.0 Å². The van der Waals surface area contributed by atoms with Crippen LogP contribution in [0.25, 0.3) is 10.8 Å². The maximum absolute atomic E-state index is 12.2. The molecule has 1 unspecified atom stereocenters. The van der Waals surface area contributed by atoms with Crippen molar-refractivity contribution >= 4 is 34.6 Å². The van der Waals surface area contributed by atoms with Gasteiger partial charge in [0.05, 0.1) is 5.39 Å². The number of rotatable bonds is 5. The van der Waals surface area contributed by atoms with Crippen molar-refractivity contribution in [2.75, 3.05) is 6.61 Å². The molecule has 0 saturated carbocycles. The van der Waals surface area contributed by atoms with Gasteiger partial charge in [-0.2, -0.15) is 10.1 Å². The summed E-state index contributed by atoms with van der Waals surface area (Å²) < 4.78 is 4.89. The number of imide groups is 1. The van der Waals surface area contributed by atoms with Gasteiger partial charge < -0.3 is 10.1 Å². The molecule has 1 aromatic carbocycles. The molecule has 1 aromatic heterocycles. The Bertz CT molecular complexity index is 1050. The summed E-state index contributed by atoms with van der Waals surface area (Å²) in [6, 6.07) is 5.51. The van der Waals surface area contributed by atoms with Crippen LogP contribution in [0.3, 0.4) is 0 Å². The third kappa shape index (κ3) is 3.29. The third-order valence-electron chi connectivity index (χ3n) is 4.43. The van der Waals surface area contributed by atoms with Crippen LogP contribution in [0.5, 0.6) is 0 Å². The molecule has 0 bridgehead atoms. The molecule has 11 nitrogen and oxygen atoms in total. The molecule has 3 rings (SSSR count). The fourth-order valence-electron chi connectivity index (χ4n) is 2.65. The van der Waals surface area contributed by atoms with E-state index in [2.05, 4.69) is 20.9 Å². The Morgan fingerprint density at radius 1 is 1.21 bits per heavy atom. The Balaban J connectivity index is 1.67. The second-order valence-electron chi connectivity index (χ2n) is 6.31. The maximum atomic E-state index is 12.2. The molecule has 2 heterocycles. The number of urea groups is 1. The van der Waals surface area contributed by atoms with Crippen LogP contribution < -0.4 is 16.3 Å². The quantitative estimate of drug-likeness (QED) is 0.476. The van der Waals surface area contributed by atoms with E-state index in [1.807, 2.05) is 0 Å². The lowest BCUT2D eigenvalue weighted by atomic mass is 10.00. The number of fused-ring (bicyclic) bond motifs is 1. The Kier molecular flexibility index (Phi) is 4.82. The van der Waals surface area contributed by atoms with Gasteiger partial charge in [-0.3, -0.25) is 19.8 Å². The number of esters is 1. The van der Waals surface area contributed by atoms with Crippen LogP contribution in [0.4, 0.5) is 4.79 Å². The molecular formula is C17H17N5O6. The predicted octanol–water partition coefficient (Wildman–Crippen LogP) is -0.168. The van der Waals surface area contributed by atoms with E-state index in [-0.39, 0.29) is 16.5 Å². The van der Waals surface area contributed by atoms with Crippen LogP contribution in [0, 0.1) is 0 Å². The Hall–Kier alpha value is -3.76. The molecule has 28 heavy (non-hydrogen) atoms. The van der Waals surface area contributed by atoms with Gasteiger partial charge in [-0.25, -0.2) is 14.7 Å². The molecule has 4 amide bonds. The Morgan fingerprint density at radius 3 is 2.54 bits per heavy atom. The van der Waals surface area contributed by atoms with E-state index in [9.17, 15) is 24.0 Å². The number of nitrogens with one attached hydrogen (secondary N) is 3. The van der Waals surface area contributed by atoms with Crippen LogP contribution >= 0.6 is 0 Å². The summed E-state index contributed by atoms with van der Waals surface area (Å²) in [7, 11) is 0. The molecule has 0 spiro atoms. The van der Waals surface area contributed by atoms with E-state index >= 15 is 0 Å². The summed E-state index contributed by atoms with van der Waals surface area (Å²) >= 11 is 0. The van der Waals surface area contributed by atoms with E-state index in [1.54, 1.807) is 19.1 Å². The summed E-state index contributed by atoms with van der Waals surface area (Å²) in [4.78, 5) is 60.1. The smallest absolute Gasteiger partial charge is 0.359 e. The standard InChI is InChI=1S/C17H17N5O6/c1-3-17(2)15(26)22(16(27)18-17)21-11(23)8-28-14(25)12-9-6-4-5-7-10(9)13(24)20-19-12/h4-7H,3,8H2,1-2H3,(H,18,27)(H,20,24)(H,21,23). The highest BCUT2D eigenvalue weighted by atomic mass is 16.5. The first kappa shape index (κ1) is 19.0. The van der Waals surface area contributed by atoms with E-state index in [0.717, 1.165) is 0 Å². The van der Waals surface area contributed by atoms with E-state index in [0.29, 0.717) is 11.4 Å². The van der Waals surface area contributed by atoms with Crippen LogP contribution in [0.2, 0.25) is 0 Å². The van der Waals surface area contributed by atoms with Crippen molar-refractivity contribution in [1.82, 2.24) is 25.9 Å². The molecule has 1 aliphatic heterocycles. The third-order valence-corrected chi connectivity index (χ3v) is 4.43. The number of aromatic nitrogens is 2. The number of ether oxygens (including phenoxy) is 1. The van der Waals surface area contributed by atoms with Crippen molar-refractivity contribution in [1.29, 1.82) is 0 Å². The van der Waals surface area contributed by atoms with Gasteiger partial charge in [0.15, 0.2) is 12.3 Å². The lowest BCUT2D eigenvalue weighted by Gasteiger charge is -2.19. The molecule has 11 heteroatoms. The minimum Gasteiger partial charge on any atom is -0.451 e. The molecular weight excluding hydrogens is 370 g/mol. The van der Waals surface area contributed by atoms with E-state index < -0.39 is 41.5 Å². The number of hydrogen-bond donors (Lipinski definition) is 3. The average Bonchev–Trinajstić information content (AvgIpc) is 2.90. The van der Waals surface area contributed by atoms with Crippen molar-refractivity contribution in [2.24, 2.45) is 0 Å². The summed E-state index contributed by atoms with van der Waals surface area (Å²) in [6.45, 7) is 2.49. The SMILES string of the molecule is CCC1(C)NC(=O)N(NC(=O)COC(=O)c2n[nH]c(=O)c3ccccc23)C1=O. The molecule has 146 valence electrons. The highest BCUT2D eigenvalue weighted by Gasteiger charge is 2.47. The molecule has 1 saturated heterocycles. The molecule has 1 atom stereocenters. The number of hydrogen-bond acceptors (Lipinski definition) is 7. The van der Waals surface area contributed by atoms with Gasteiger partial charge in [-0.1, -0.05) is 25.1 Å². The summed E-state index contributed by atoms with van der Waals surface area (Å²) in [5, 5.41) is 9.39. The van der Waals surface area contributed by atoms with Crippen molar-refractivity contribution in [3.05, 3.63) is 40.3 Å². The van der Waals surface area contributed by atoms with Crippen LogP contribution in [-0.2, 0) is 14.3 Å². The van der Waals surface area contributed by atoms with Crippen molar-refractivity contribution in [3.8, 4) is 0 Å². The van der Waals surface area contributed by atoms with Crippen LogP contribution in [0.1, 0.15) is 30.8 Å². The first-order chi connectivity index (χ1) is 13.3. The zero-order valence-electron chi connectivity index (χ0n) is 15.1. The van der Waals surface area contributed by atoms with Crippen LogP contribution in [-0.4, -0.2) is 51.2 Å². The minimum atomic E-state index is -1.11. The number of aromatic amines is 1. The molecule has 3 N–H and O–H groups in total. The van der Waals surface area contributed by atoms with Gasteiger partial charge in [0.1, 0.15) is 5.54 Å². The molecule has 1 fully saturated rings. The predicted molar refractivity (Wildman–Crippen MR) is 94.9 cm³/mol. The topological polar surface area (TPSA) is 151 Å². The van der Waals surface area contributed by atoms with Gasteiger partial charge in [0.2, 0.25) is 0 Å². The number of nitrogens with zero attached hydrogens (tertiary/aromatic N) is 2. The lowest BCUT2D eigenvalue weighted by molar-refractivity contribution is -0.139. The summed E-state index contributed by atoms with van der Waals surface area (Å²) in [6.07, 6.45) is 0.337. The van der Waals surface area contributed by atoms with Crippen molar-refractivity contribution < 1.29 is 23.9 Å². The molecule has 1 aliphatic rings. The van der Waals surface area contributed by atoms with E-state index in [4.69, 9.17) is 4.74 Å². The zero-order valence-corrected chi connectivity index (χ0v) is 15.1. The number of benzene rings is 1. The average molecular weight is 387 g/mol. The fraction of sp³-hybridized carbons (Fsp3) is 0.294.